The van der Waals surface area contributed by atoms with Gasteiger partial charge in [-0.1, -0.05) is 18.2 Å². The van der Waals surface area contributed by atoms with E-state index in [1.807, 2.05) is 0 Å². The zero-order chi connectivity index (χ0) is 14.7. The molecule has 0 spiro atoms. The van der Waals surface area contributed by atoms with Gasteiger partial charge >= 0.3 is 0 Å². The zero-order valence-corrected chi connectivity index (χ0v) is 13.2. The number of hydrogen-bond donors (Lipinski definition) is 1. The van der Waals surface area contributed by atoms with Gasteiger partial charge < -0.3 is 9.88 Å². The predicted molar refractivity (Wildman–Crippen MR) is 88.4 cm³/mol. The first kappa shape index (κ1) is 14.4. The van der Waals surface area contributed by atoms with Gasteiger partial charge in [-0.05, 0) is 67.9 Å². The molecule has 1 aliphatic carbocycles. The van der Waals surface area contributed by atoms with Gasteiger partial charge in [0.25, 0.3) is 0 Å². The minimum atomic E-state index is 0.405. The summed E-state index contributed by atoms with van der Waals surface area (Å²) in [6.45, 7) is 6.42. The molecule has 0 saturated heterocycles. The highest BCUT2D eigenvalue weighted by molar-refractivity contribution is 5.35. The number of rotatable bonds is 5. The average Bonchev–Trinajstić information content (AvgIpc) is 3.00. The van der Waals surface area contributed by atoms with Crippen LogP contribution in [-0.2, 0) is 25.9 Å². The van der Waals surface area contributed by atoms with Crippen LogP contribution in [0.15, 0.2) is 36.7 Å². The molecule has 2 heteroatoms. The highest BCUT2D eigenvalue weighted by Gasteiger charge is 2.12. The maximum atomic E-state index is 3.65. The molecule has 0 aliphatic heterocycles. The summed E-state index contributed by atoms with van der Waals surface area (Å²) in [7, 11) is 0. The van der Waals surface area contributed by atoms with Crippen molar-refractivity contribution in [1.82, 2.24) is 9.88 Å². The van der Waals surface area contributed by atoms with E-state index in [4.69, 9.17) is 0 Å². The van der Waals surface area contributed by atoms with Crippen molar-refractivity contribution in [2.45, 2.75) is 58.7 Å². The van der Waals surface area contributed by atoms with Crippen LogP contribution in [0.4, 0.5) is 0 Å². The molecule has 1 unspecified atom stereocenters. The molecular weight excluding hydrogens is 256 g/mol. The fourth-order valence-corrected chi connectivity index (χ4v) is 3.20. The van der Waals surface area contributed by atoms with Gasteiger partial charge in [0.05, 0.1) is 0 Å². The molecule has 0 radical (unpaired) electrons. The van der Waals surface area contributed by atoms with Crippen LogP contribution in [0, 0.1) is 0 Å². The Hall–Kier alpha value is -1.54. The molecule has 112 valence electrons. The number of nitrogens with zero attached hydrogens (tertiary/aromatic N) is 1. The maximum Gasteiger partial charge on any atom is 0.0295 e. The lowest BCUT2D eigenvalue weighted by Crippen LogP contribution is -2.18. The molecule has 21 heavy (non-hydrogen) atoms. The van der Waals surface area contributed by atoms with E-state index in [1.165, 1.54) is 36.8 Å². The van der Waals surface area contributed by atoms with Crippen molar-refractivity contribution in [2.24, 2.45) is 0 Å². The third kappa shape index (κ3) is 3.38. The van der Waals surface area contributed by atoms with Crippen molar-refractivity contribution in [3.05, 3.63) is 58.9 Å². The lowest BCUT2D eigenvalue weighted by atomic mass is 9.89. The van der Waals surface area contributed by atoms with Gasteiger partial charge in [-0.2, -0.15) is 0 Å². The Balaban J connectivity index is 1.63. The fraction of sp³-hybridized carbons (Fsp3) is 0.474. The van der Waals surface area contributed by atoms with E-state index in [2.05, 4.69) is 60.4 Å². The van der Waals surface area contributed by atoms with E-state index in [-0.39, 0.29) is 0 Å². The monoisotopic (exact) mass is 282 g/mol. The molecule has 1 aromatic heterocycles. The first-order valence-electron chi connectivity index (χ1n) is 8.26. The third-order valence-electron chi connectivity index (χ3n) is 4.66. The first-order chi connectivity index (χ1) is 10.3. The molecular formula is C19H26N2. The van der Waals surface area contributed by atoms with Gasteiger partial charge in [0.1, 0.15) is 0 Å². The SMILES string of the molecule is CCn1ccc(CNC(C)c2ccc3c(c2)CCCC3)c1. The summed E-state index contributed by atoms with van der Waals surface area (Å²) in [4.78, 5) is 0. The van der Waals surface area contributed by atoms with Gasteiger partial charge in [0, 0.05) is 31.5 Å². The van der Waals surface area contributed by atoms with Gasteiger partial charge in [0.2, 0.25) is 0 Å². The fourth-order valence-electron chi connectivity index (χ4n) is 3.20. The first-order valence-corrected chi connectivity index (χ1v) is 8.26. The van der Waals surface area contributed by atoms with E-state index in [1.54, 1.807) is 11.1 Å². The number of aromatic nitrogens is 1. The van der Waals surface area contributed by atoms with Crippen LogP contribution in [0.25, 0.3) is 0 Å². The largest absolute Gasteiger partial charge is 0.354 e. The minimum absolute atomic E-state index is 0.405. The zero-order valence-electron chi connectivity index (χ0n) is 13.2. The topological polar surface area (TPSA) is 17.0 Å². The molecule has 1 aliphatic rings. The van der Waals surface area contributed by atoms with Crippen LogP contribution in [-0.4, -0.2) is 4.57 Å². The van der Waals surface area contributed by atoms with Gasteiger partial charge in [-0.3, -0.25) is 0 Å². The second-order valence-electron chi connectivity index (χ2n) is 6.19. The third-order valence-corrected chi connectivity index (χ3v) is 4.66. The van der Waals surface area contributed by atoms with E-state index in [0.29, 0.717) is 6.04 Å². The van der Waals surface area contributed by atoms with Crippen molar-refractivity contribution in [3.8, 4) is 0 Å². The van der Waals surface area contributed by atoms with Crippen LogP contribution in [0.5, 0.6) is 0 Å². The van der Waals surface area contributed by atoms with Crippen molar-refractivity contribution in [2.75, 3.05) is 0 Å². The summed E-state index contributed by atoms with van der Waals surface area (Å²) in [5, 5.41) is 3.65. The van der Waals surface area contributed by atoms with E-state index < -0.39 is 0 Å². The van der Waals surface area contributed by atoms with Crippen molar-refractivity contribution in [3.63, 3.8) is 0 Å². The lowest BCUT2D eigenvalue weighted by molar-refractivity contribution is 0.571. The summed E-state index contributed by atoms with van der Waals surface area (Å²) in [5.74, 6) is 0. The highest BCUT2D eigenvalue weighted by Crippen LogP contribution is 2.24. The lowest BCUT2D eigenvalue weighted by Gasteiger charge is -2.20. The Kier molecular flexibility index (Phi) is 4.45. The molecule has 2 aromatic rings. The van der Waals surface area contributed by atoms with Crippen LogP contribution in [0.2, 0.25) is 0 Å². The average molecular weight is 282 g/mol. The van der Waals surface area contributed by atoms with Crippen molar-refractivity contribution < 1.29 is 0 Å². The minimum Gasteiger partial charge on any atom is -0.354 e. The van der Waals surface area contributed by atoms with Gasteiger partial charge in [-0.25, -0.2) is 0 Å². The number of nitrogens with one attached hydrogen (secondary N) is 1. The number of hydrogen-bond acceptors (Lipinski definition) is 1. The van der Waals surface area contributed by atoms with Crippen molar-refractivity contribution >= 4 is 0 Å². The number of fused-ring (bicyclic) bond motifs is 1. The maximum absolute atomic E-state index is 3.65. The predicted octanol–water partition coefficient (Wildman–Crippen LogP) is 4.24. The Labute approximate surface area is 128 Å². The smallest absolute Gasteiger partial charge is 0.0295 e. The molecule has 0 amide bonds. The van der Waals surface area contributed by atoms with Crippen LogP contribution in [0.1, 0.15) is 55.0 Å². The second kappa shape index (κ2) is 6.48. The summed E-state index contributed by atoms with van der Waals surface area (Å²) in [6, 6.07) is 9.68. The summed E-state index contributed by atoms with van der Waals surface area (Å²) in [6.07, 6.45) is 9.61. The summed E-state index contributed by atoms with van der Waals surface area (Å²) >= 11 is 0. The van der Waals surface area contributed by atoms with Crippen LogP contribution < -0.4 is 5.32 Å². The molecule has 0 saturated carbocycles. The Morgan fingerprint density at radius 1 is 1.14 bits per heavy atom. The van der Waals surface area contributed by atoms with Gasteiger partial charge in [-0.15, -0.1) is 0 Å². The van der Waals surface area contributed by atoms with Crippen LogP contribution >= 0.6 is 0 Å². The Morgan fingerprint density at radius 3 is 2.71 bits per heavy atom. The number of benzene rings is 1. The molecule has 1 atom stereocenters. The molecule has 0 fully saturated rings. The molecule has 3 rings (SSSR count). The van der Waals surface area contributed by atoms with Gasteiger partial charge in [0.15, 0.2) is 0 Å². The molecule has 1 N–H and O–H groups in total. The van der Waals surface area contributed by atoms with E-state index in [0.717, 1.165) is 13.1 Å². The normalized spacial score (nSPS) is 15.7. The highest BCUT2D eigenvalue weighted by atomic mass is 14.9. The second-order valence-corrected chi connectivity index (χ2v) is 6.19. The molecule has 1 aromatic carbocycles. The van der Waals surface area contributed by atoms with E-state index >= 15 is 0 Å². The van der Waals surface area contributed by atoms with Crippen LogP contribution in [0.3, 0.4) is 0 Å². The standard InChI is InChI=1S/C19H26N2/c1-3-21-11-10-16(14-21)13-20-15(2)18-9-8-17-6-4-5-7-19(17)12-18/h8-12,14-15,20H,3-7,13H2,1-2H3. The molecule has 1 heterocycles. The Bertz CT molecular complexity index is 597. The molecule has 2 nitrogen and oxygen atoms in total. The number of aryl methyl sites for hydroxylation is 3. The molecule has 0 bridgehead atoms. The summed E-state index contributed by atoms with van der Waals surface area (Å²) < 4.78 is 2.22. The van der Waals surface area contributed by atoms with E-state index in [9.17, 15) is 0 Å². The quantitative estimate of drug-likeness (QED) is 0.868. The van der Waals surface area contributed by atoms with Crippen molar-refractivity contribution in [1.29, 1.82) is 0 Å². The summed E-state index contributed by atoms with van der Waals surface area (Å²) in [5.41, 5.74) is 5.92. The Morgan fingerprint density at radius 2 is 1.95 bits per heavy atom.